The number of piperazine rings is 1. The highest BCUT2D eigenvalue weighted by atomic mass is 32.2. The van der Waals surface area contributed by atoms with Crippen molar-refractivity contribution < 1.29 is 19.1 Å². The predicted octanol–water partition coefficient (Wildman–Crippen LogP) is 1.28. The second kappa shape index (κ2) is 6.49. The van der Waals surface area contributed by atoms with Gasteiger partial charge in [-0.15, -0.1) is 0 Å². The fraction of sp³-hybridized carbons (Fsp3) is 0.778. The summed E-state index contributed by atoms with van der Waals surface area (Å²) in [6.45, 7) is 9.79. The van der Waals surface area contributed by atoms with Crippen molar-refractivity contribution >= 4 is 23.5 Å². The lowest BCUT2D eigenvalue weighted by atomic mass is 9.71. The van der Waals surface area contributed by atoms with Crippen LogP contribution in [0.1, 0.15) is 26.7 Å². The molecule has 0 spiro atoms. The molecule has 0 amide bonds. The van der Waals surface area contributed by atoms with Gasteiger partial charge in [0.25, 0.3) is 0 Å². The van der Waals surface area contributed by atoms with E-state index in [1.165, 1.54) is 11.8 Å². The average molecular weight is 383 g/mol. The van der Waals surface area contributed by atoms with Crippen LogP contribution in [0.2, 0.25) is 0 Å². The Morgan fingerprint density at radius 1 is 1.27 bits per heavy atom. The molecule has 3 saturated heterocycles. The van der Waals surface area contributed by atoms with E-state index in [0.717, 1.165) is 18.1 Å². The van der Waals surface area contributed by atoms with Crippen LogP contribution in [-0.4, -0.2) is 75.5 Å². The Bertz CT molecular complexity index is 637. The van der Waals surface area contributed by atoms with Gasteiger partial charge in [-0.1, -0.05) is 18.3 Å². The van der Waals surface area contributed by atoms with Crippen molar-refractivity contribution in [2.75, 3.05) is 13.1 Å². The maximum Gasteiger partial charge on any atom is 0.317 e. The summed E-state index contributed by atoms with van der Waals surface area (Å²) in [4.78, 5) is 28.6. The Morgan fingerprint density at radius 3 is 2.50 bits per heavy atom. The van der Waals surface area contributed by atoms with Gasteiger partial charge in [0, 0.05) is 43.2 Å². The van der Waals surface area contributed by atoms with E-state index in [2.05, 4.69) is 30.6 Å². The van der Waals surface area contributed by atoms with Crippen LogP contribution in [0.15, 0.2) is 11.6 Å². The maximum atomic E-state index is 15.1. The topological polar surface area (TPSA) is 72.9 Å². The number of rotatable bonds is 2. The second-order valence-corrected chi connectivity index (χ2v) is 9.37. The minimum atomic E-state index is -1.11. The fourth-order valence-electron chi connectivity index (χ4n) is 5.31. The van der Waals surface area contributed by atoms with Gasteiger partial charge < -0.3 is 15.3 Å². The van der Waals surface area contributed by atoms with E-state index in [0.29, 0.717) is 18.5 Å². The minimum Gasteiger partial charge on any atom is -0.481 e. The largest absolute Gasteiger partial charge is 0.481 e. The number of thioether (sulfide) groups is 1. The number of hydrogen-bond donors (Lipinski definition) is 2. The number of nitrogens with zero attached hydrogens (tertiary/aromatic N) is 2. The van der Waals surface area contributed by atoms with Crippen LogP contribution in [0.4, 0.5) is 4.39 Å². The van der Waals surface area contributed by atoms with Gasteiger partial charge in [-0.3, -0.25) is 14.5 Å². The van der Waals surface area contributed by atoms with Crippen molar-refractivity contribution in [3.05, 3.63) is 11.6 Å². The zero-order valence-corrected chi connectivity index (χ0v) is 15.9. The lowest BCUT2D eigenvalue weighted by Crippen LogP contribution is -2.68. The van der Waals surface area contributed by atoms with E-state index in [-0.39, 0.29) is 29.7 Å². The summed E-state index contributed by atoms with van der Waals surface area (Å²) in [5.74, 6) is -3.03. The number of alkyl halides is 1. The van der Waals surface area contributed by atoms with Crippen LogP contribution in [0.25, 0.3) is 0 Å². The van der Waals surface area contributed by atoms with Crippen molar-refractivity contribution in [1.82, 2.24) is 15.1 Å². The highest BCUT2D eigenvalue weighted by Crippen LogP contribution is 2.54. The molecule has 6 nitrogen and oxygen atoms in total. The van der Waals surface area contributed by atoms with E-state index in [4.69, 9.17) is 0 Å². The Kier molecular flexibility index (Phi) is 4.56. The lowest BCUT2D eigenvalue weighted by molar-refractivity contribution is -0.157. The van der Waals surface area contributed by atoms with E-state index < -0.39 is 24.0 Å². The number of carbonyl (C=O) groups is 2. The highest BCUT2D eigenvalue weighted by Gasteiger charge is 2.60. The molecule has 8 unspecified atom stereocenters. The van der Waals surface area contributed by atoms with Gasteiger partial charge in [0.1, 0.15) is 17.5 Å². The zero-order valence-electron chi connectivity index (χ0n) is 15.1. The third kappa shape index (κ3) is 2.77. The highest BCUT2D eigenvalue weighted by molar-refractivity contribution is 8.05. The van der Waals surface area contributed by atoms with Crippen LogP contribution in [0.3, 0.4) is 0 Å². The van der Waals surface area contributed by atoms with Gasteiger partial charge in [0.05, 0.1) is 5.03 Å². The zero-order chi connectivity index (χ0) is 18.7. The Hall–Kier alpha value is -1.12. The number of fused-ring (bicyclic) bond motifs is 3. The molecule has 144 valence electrons. The molecule has 3 heterocycles. The first-order valence-electron chi connectivity index (χ1n) is 9.32. The first-order valence-corrected chi connectivity index (χ1v) is 10.2. The minimum absolute atomic E-state index is 0.117. The number of carboxylic acids is 1. The van der Waals surface area contributed by atoms with Crippen LogP contribution in [0.5, 0.6) is 0 Å². The van der Waals surface area contributed by atoms with Crippen LogP contribution >= 0.6 is 11.8 Å². The molecule has 0 aromatic rings. The van der Waals surface area contributed by atoms with E-state index in [1.807, 2.05) is 4.90 Å². The maximum absolute atomic E-state index is 15.1. The number of ketones is 1. The molecule has 8 heteroatoms. The molecule has 0 aromatic carbocycles. The van der Waals surface area contributed by atoms with Crippen molar-refractivity contribution in [3.63, 3.8) is 0 Å². The summed E-state index contributed by atoms with van der Waals surface area (Å²) in [7, 11) is 0. The monoisotopic (exact) mass is 383 g/mol. The molecule has 0 aromatic heterocycles. The van der Waals surface area contributed by atoms with Crippen molar-refractivity contribution in [1.29, 1.82) is 0 Å². The van der Waals surface area contributed by atoms with Crippen molar-refractivity contribution in [2.24, 2.45) is 11.8 Å². The van der Waals surface area contributed by atoms with Crippen LogP contribution < -0.4 is 5.32 Å². The van der Waals surface area contributed by atoms with Crippen LogP contribution in [-0.2, 0) is 9.59 Å². The predicted molar refractivity (Wildman–Crippen MR) is 97.3 cm³/mol. The Morgan fingerprint density at radius 2 is 1.92 bits per heavy atom. The SMILES string of the molecule is C=C1SC2C(C(=O)O)C(=O)C3CC(F)C(N4CC(C)NC(C)C4)CC3N12. The molecule has 8 atom stereocenters. The Balaban J connectivity index is 1.58. The third-order valence-electron chi connectivity index (χ3n) is 6.30. The van der Waals surface area contributed by atoms with Crippen LogP contribution in [0, 0.1) is 11.8 Å². The number of carboxylic acid groups (broad SMARTS) is 1. The quantitative estimate of drug-likeness (QED) is 0.696. The van der Waals surface area contributed by atoms with Gasteiger partial charge in [0.2, 0.25) is 0 Å². The lowest BCUT2D eigenvalue weighted by Gasteiger charge is -2.59. The van der Waals surface area contributed by atoms with Gasteiger partial charge >= 0.3 is 5.97 Å². The number of halogens is 1. The molecule has 1 saturated carbocycles. The summed E-state index contributed by atoms with van der Waals surface area (Å²) >= 11 is 1.36. The molecule has 4 fully saturated rings. The van der Waals surface area contributed by atoms with Gasteiger partial charge in [-0.2, -0.15) is 0 Å². The summed E-state index contributed by atoms with van der Waals surface area (Å²) in [5.41, 5.74) is 0. The molecule has 0 bridgehead atoms. The van der Waals surface area contributed by atoms with Gasteiger partial charge in [0.15, 0.2) is 5.78 Å². The normalized spacial score (nSPS) is 46.3. The Labute approximate surface area is 157 Å². The smallest absolute Gasteiger partial charge is 0.317 e. The first-order chi connectivity index (χ1) is 12.3. The molecule has 1 aliphatic carbocycles. The molecule has 2 N–H and O–H groups in total. The number of hydrogen-bond acceptors (Lipinski definition) is 6. The molecule has 0 radical (unpaired) electrons. The first kappa shape index (κ1) is 18.3. The fourth-order valence-corrected chi connectivity index (χ4v) is 6.59. The number of aliphatic carboxylic acids is 1. The summed E-state index contributed by atoms with van der Waals surface area (Å²) in [5, 5.41) is 13.4. The van der Waals surface area contributed by atoms with E-state index in [9.17, 15) is 14.7 Å². The van der Waals surface area contributed by atoms with E-state index in [1.54, 1.807) is 0 Å². The summed E-state index contributed by atoms with van der Waals surface area (Å²) in [6, 6.07) is 0.247. The summed E-state index contributed by atoms with van der Waals surface area (Å²) < 4.78 is 15.1. The third-order valence-corrected chi connectivity index (χ3v) is 7.52. The second-order valence-electron chi connectivity index (χ2n) is 8.18. The van der Waals surface area contributed by atoms with Crippen molar-refractivity contribution in [3.8, 4) is 0 Å². The van der Waals surface area contributed by atoms with Crippen molar-refractivity contribution in [2.45, 2.75) is 62.4 Å². The molecular weight excluding hydrogens is 357 g/mol. The standard InChI is InChI=1S/C18H26FN3O3S/c1-8-6-21(7-9(2)20-8)14-5-13-11(4-12(14)19)16(23)15(18(24)25)17-22(13)10(3)26-17/h8-9,11-15,17,20H,3-7H2,1-2H3,(H,24,25). The summed E-state index contributed by atoms with van der Waals surface area (Å²) in [6.07, 6.45) is -0.434. The van der Waals surface area contributed by atoms with Gasteiger partial charge in [-0.05, 0) is 26.7 Å². The molecular formula is C18H26FN3O3S. The number of nitrogens with one attached hydrogen (secondary N) is 1. The molecule has 26 heavy (non-hydrogen) atoms. The van der Waals surface area contributed by atoms with E-state index >= 15 is 4.39 Å². The number of piperidine rings is 1. The molecule has 4 rings (SSSR count). The molecule has 4 aliphatic rings. The average Bonchev–Trinajstić information content (AvgIpc) is 2.53. The number of carbonyl (C=O) groups excluding carboxylic acids is 1. The number of Topliss-reactive ketones (excluding diaryl/α,β-unsaturated/α-hetero) is 1. The van der Waals surface area contributed by atoms with Gasteiger partial charge in [-0.25, -0.2) is 4.39 Å². The molecule has 3 aliphatic heterocycles.